The maximum absolute atomic E-state index is 5.45. The Kier molecular flexibility index (Phi) is 4.01. The lowest BCUT2D eigenvalue weighted by Crippen LogP contribution is -1.97. The Labute approximate surface area is 165 Å². The summed E-state index contributed by atoms with van der Waals surface area (Å²) in [6.45, 7) is 2.95. The molecule has 5 rings (SSSR count). The maximum Gasteiger partial charge on any atom is 0.231 e. The summed E-state index contributed by atoms with van der Waals surface area (Å²) in [5, 5.41) is 13.1. The van der Waals surface area contributed by atoms with Crippen molar-refractivity contribution in [2.45, 2.75) is 13.5 Å². The molecule has 9 heteroatoms. The lowest BCUT2D eigenvalue weighted by atomic mass is 10.3. The first-order valence-corrected chi connectivity index (χ1v) is 9.62. The first-order valence-electron chi connectivity index (χ1n) is 8.80. The van der Waals surface area contributed by atoms with E-state index in [0.29, 0.717) is 6.54 Å². The van der Waals surface area contributed by atoms with Gasteiger partial charge in [-0.25, -0.2) is 9.67 Å². The molecule has 0 amide bonds. The smallest absolute Gasteiger partial charge is 0.231 e. The zero-order chi connectivity index (χ0) is 19.1. The van der Waals surface area contributed by atoms with E-state index in [2.05, 4.69) is 15.4 Å². The van der Waals surface area contributed by atoms with E-state index in [1.54, 1.807) is 16.0 Å². The molecule has 1 aliphatic heterocycles. The topological polar surface area (TPSA) is 79.0 Å². The molecule has 0 bridgehead atoms. The van der Waals surface area contributed by atoms with E-state index in [9.17, 15) is 0 Å². The van der Waals surface area contributed by atoms with Gasteiger partial charge >= 0.3 is 0 Å². The summed E-state index contributed by atoms with van der Waals surface area (Å²) in [5.74, 6) is 1.50. The van der Waals surface area contributed by atoms with Crippen LogP contribution in [0.25, 0.3) is 16.3 Å². The van der Waals surface area contributed by atoms with Crippen molar-refractivity contribution in [1.82, 2.24) is 24.5 Å². The summed E-state index contributed by atoms with van der Waals surface area (Å²) in [7, 11) is 1.91. The van der Waals surface area contributed by atoms with E-state index >= 15 is 0 Å². The number of aryl methyl sites for hydroxylation is 2. The molecule has 28 heavy (non-hydrogen) atoms. The predicted octanol–water partition coefficient (Wildman–Crippen LogP) is 3.38. The highest BCUT2D eigenvalue weighted by Crippen LogP contribution is 2.35. The standard InChI is InChI=1S/C19H18N6O2S/c1-12-18(28-19(22-12)20-8-13-9-21-24(2)10-13)15-5-6-25(23-15)14-3-4-16-17(7-14)27-11-26-16/h3-7,9-10H,8,11H2,1-2H3,(H,20,22). The van der Waals surface area contributed by atoms with E-state index in [4.69, 9.17) is 14.6 Å². The molecular weight excluding hydrogens is 376 g/mol. The first-order chi connectivity index (χ1) is 13.7. The Morgan fingerprint density at radius 3 is 2.96 bits per heavy atom. The summed E-state index contributed by atoms with van der Waals surface area (Å²) < 4.78 is 14.4. The van der Waals surface area contributed by atoms with Crippen molar-refractivity contribution in [1.29, 1.82) is 0 Å². The molecule has 0 saturated heterocycles. The summed E-state index contributed by atoms with van der Waals surface area (Å²) in [6, 6.07) is 7.79. The van der Waals surface area contributed by atoms with Crippen LogP contribution in [0.15, 0.2) is 42.9 Å². The second kappa shape index (κ2) is 6.68. The molecule has 4 heterocycles. The van der Waals surface area contributed by atoms with Crippen LogP contribution >= 0.6 is 11.3 Å². The second-order valence-electron chi connectivity index (χ2n) is 6.49. The van der Waals surface area contributed by atoms with Gasteiger partial charge in [0.05, 0.1) is 22.5 Å². The lowest BCUT2D eigenvalue weighted by molar-refractivity contribution is 0.174. The molecular formula is C19H18N6O2S. The number of fused-ring (bicyclic) bond motifs is 1. The highest BCUT2D eigenvalue weighted by Gasteiger charge is 2.16. The molecule has 142 valence electrons. The largest absolute Gasteiger partial charge is 0.454 e. The molecule has 0 spiro atoms. The molecule has 0 saturated carbocycles. The van der Waals surface area contributed by atoms with Gasteiger partial charge in [0.2, 0.25) is 6.79 Å². The number of rotatable bonds is 5. The monoisotopic (exact) mass is 394 g/mol. The van der Waals surface area contributed by atoms with E-state index in [1.807, 2.05) is 61.5 Å². The molecule has 8 nitrogen and oxygen atoms in total. The average molecular weight is 394 g/mol. The molecule has 0 fully saturated rings. The Morgan fingerprint density at radius 2 is 2.11 bits per heavy atom. The van der Waals surface area contributed by atoms with Crippen molar-refractivity contribution >= 4 is 16.5 Å². The van der Waals surface area contributed by atoms with Gasteiger partial charge in [-0.15, -0.1) is 0 Å². The van der Waals surface area contributed by atoms with E-state index in [-0.39, 0.29) is 6.79 Å². The highest BCUT2D eigenvalue weighted by molar-refractivity contribution is 7.19. The molecule has 1 aliphatic rings. The van der Waals surface area contributed by atoms with Crippen molar-refractivity contribution in [3.8, 4) is 27.8 Å². The van der Waals surface area contributed by atoms with E-state index < -0.39 is 0 Å². The SMILES string of the molecule is Cc1nc(NCc2cnn(C)c2)sc1-c1ccn(-c2ccc3c(c2)OCO3)n1. The fraction of sp³-hybridized carbons (Fsp3) is 0.211. The molecule has 1 aromatic carbocycles. The summed E-state index contributed by atoms with van der Waals surface area (Å²) in [4.78, 5) is 5.68. The number of aromatic nitrogens is 5. The van der Waals surface area contributed by atoms with Gasteiger partial charge < -0.3 is 14.8 Å². The molecule has 3 aromatic heterocycles. The molecule has 0 radical (unpaired) electrons. The minimum absolute atomic E-state index is 0.262. The van der Waals surface area contributed by atoms with Crippen LogP contribution in [0.1, 0.15) is 11.3 Å². The van der Waals surface area contributed by atoms with Gasteiger partial charge in [0.1, 0.15) is 5.69 Å². The Hall–Kier alpha value is -3.33. The predicted molar refractivity (Wildman–Crippen MR) is 106 cm³/mol. The first kappa shape index (κ1) is 16.8. The highest BCUT2D eigenvalue weighted by atomic mass is 32.1. The van der Waals surface area contributed by atoms with Crippen molar-refractivity contribution in [2.24, 2.45) is 7.05 Å². The molecule has 1 N–H and O–H groups in total. The van der Waals surface area contributed by atoms with Crippen LogP contribution < -0.4 is 14.8 Å². The summed E-state index contributed by atoms with van der Waals surface area (Å²) >= 11 is 1.60. The van der Waals surface area contributed by atoms with Crippen LogP contribution in [-0.2, 0) is 13.6 Å². The van der Waals surface area contributed by atoms with Crippen LogP contribution in [0, 0.1) is 6.92 Å². The van der Waals surface area contributed by atoms with Gasteiger partial charge in [-0.1, -0.05) is 11.3 Å². The van der Waals surface area contributed by atoms with Crippen LogP contribution in [0.5, 0.6) is 11.5 Å². The number of ether oxygens (including phenoxy) is 2. The third-order valence-electron chi connectivity index (χ3n) is 4.44. The fourth-order valence-corrected chi connectivity index (χ4v) is 3.99. The molecule has 0 unspecified atom stereocenters. The third-order valence-corrected chi connectivity index (χ3v) is 5.58. The number of benzene rings is 1. The second-order valence-corrected chi connectivity index (χ2v) is 7.49. The number of hydrogen-bond acceptors (Lipinski definition) is 7. The Bertz CT molecular complexity index is 1150. The van der Waals surface area contributed by atoms with Crippen LogP contribution in [0.2, 0.25) is 0 Å². The number of nitrogens with zero attached hydrogens (tertiary/aromatic N) is 5. The van der Waals surface area contributed by atoms with Gasteiger partial charge in [0.25, 0.3) is 0 Å². The normalized spacial score (nSPS) is 12.5. The quantitative estimate of drug-likeness (QED) is 0.559. The average Bonchev–Trinajstić information content (AvgIpc) is 3.46. The van der Waals surface area contributed by atoms with E-state index in [1.165, 1.54) is 0 Å². The molecule has 4 aromatic rings. The minimum Gasteiger partial charge on any atom is -0.454 e. The van der Waals surface area contributed by atoms with Crippen LogP contribution in [0.4, 0.5) is 5.13 Å². The van der Waals surface area contributed by atoms with Gasteiger partial charge in [-0.3, -0.25) is 4.68 Å². The van der Waals surface area contributed by atoms with Crippen molar-refractivity contribution in [2.75, 3.05) is 12.1 Å². The van der Waals surface area contributed by atoms with Gasteiger partial charge in [-0.2, -0.15) is 10.2 Å². The number of nitrogens with one attached hydrogen (secondary N) is 1. The molecule has 0 aliphatic carbocycles. The van der Waals surface area contributed by atoms with Crippen LogP contribution in [0.3, 0.4) is 0 Å². The van der Waals surface area contributed by atoms with E-state index in [0.717, 1.165) is 44.1 Å². The Balaban J connectivity index is 1.36. The van der Waals surface area contributed by atoms with Gasteiger partial charge in [0, 0.05) is 37.6 Å². The van der Waals surface area contributed by atoms with Crippen molar-refractivity contribution < 1.29 is 9.47 Å². The van der Waals surface area contributed by atoms with Gasteiger partial charge in [0.15, 0.2) is 16.6 Å². The third kappa shape index (κ3) is 3.09. The maximum atomic E-state index is 5.45. The molecule has 0 atom stereocenters. The zero-order valence-electron chi connectivity index (χ0n) is 15.4. The number of hydrogen-bond donors (Lipinski definition) is 1. The fourth-order valence-electron chi connectivity index (χ4n) is 3.07. The Morgan fingerprint density at radius 1 is 1.21 bits per heavy atom. The van der Waals surface area contributed by atoms with Crippen LogP contribution in [-0.4, -0.2) is 31.3 Å². The number of anilines is 1. The summed E-state index contributed by atoms with van der Waals surface area (Å²) in [5.41, 5.74) is 3.88. The minimum atomic E-state index is 0.262. The number of thiazole rings is 1. The summed E-state index contributed by atoms with van der Waals surface area (Å²) in [6.07, 6.45) is 5.78. The zero-order valence-corrected chi connectivity index (χ0v) is 16.2. The van der Waals surface area contributed by atoms with Gasteiger partial charge in [-0.05, 0) is 25.1 Å². The van der Waals surface area contributed by atoms with Crippen molar-refractivity contribution in [3.05, 3.63) is 54.1 Å². The van der Waals surface area contributed by atoms with Crippen molar-refractivity contribution in [3.63, 3.8) is 0 Å². The lowest BCUT2D eigenvalue weighted by Gasteiger charge is -2.02.